The summed E-state index contributed by atoms with van der Waals surface area (Å²) in [6.07, 6.45) is -0.0303. The van der Waals surface area contributed by atoms with Crippen molar-refractivity contribution in [3.63, 3.8) is 0 Å². The van der Waals surface area contributed by atoms with Crippen molar-refractivity contribution in [1.82, 2.24) is 19.9 Å². The monoisotopic (exact) mass is 450 g/mol. The van der Waals surface area contributed by atoms with E-state index >= 15 is 0 Å². The zero-order valence-electron chi connectivity index (χ0n) is 19.6. The van der Waals surface area contributed by atoms with E-state index in [1.54, 1.807) is 4.90 Å². The molecule has 3 aromatic rings. The lowest BCUT2D eigenvalue weighted by Gasteiger charge is -2.32. The summed E-state index contributed by atoms with van der Waals surface area (Å²) in [5.74, 6) is 2.70. The first kappa shape index (κ1) is 22.9. The molecule has 4 rings (SSSR count). The van der Waals surface area contributed by atoms with Gasteiger partial charge in [-0.1, -0.05) is 32.0 Å². The number of hydrogen-bond acceptors (Lipinski definition) is 7. The first-order chi connectivity index (χ1) is 15.9. The minimum absolute atomic E-state index is 0.000661. The fourth-order valence-electron chi connectivity index (χ4n) is 3.67. The standard InChI is InChI=1S/C25H30N4O4/c1-16(2)24-26-17(3)12-22(28-24)32-15-20-14-29(10-11-31-20)23(30)13-21-18(4)33-25(27-21)19-8-6-5-7-9-19/h5-9,12,16,20H,10-11,13-15H2,1-4H3. The molecule has 8 nitrogen and oxygen atoms in total. The molecule has 0 radical (unpaired) electrons. The van der Waals surface area contributed by atoms with Gasteiger partial charge in [-0.05, 0) is 26.0 Å². The van der Waals surface area contributed by atoms with Gasteiger partial charge in [0.15, 0.2) is 0 Å². The Balaban J connectivity index is 1.35. The molecule has 0 bridgehead atoms. The van der Waals surface area contributed by atoms with E-state index < -0.39 is 0 Å². The summed E-state index contributed by atoms with van der Waals surface area (Å²) in [4.78, 5) is 28.3. The Kier molecular flexibility index (Phi) is 7.03. The first-order valence-electron chi connectivity index (χ1n) is 11.3. The van der Waals surface area contributed by atoms with Crippen LogP contribution >= 0.6 is 0 Å². The second-order valence-corrected chi connectivity index (χ2v) is 8.57. The Morgan fingerprint density at radius 1 is 1.18 bits per heavy atom. The maximum Gasteiger partial charge on any atom is 0.228 e. The van der Waals surface area contributed by atoms with Crippen LogP contribution in [-0.2, 0) is 16.0 Å². The van der Waals surface area contributed by atoms with Crippen molar-refractivity contribution in [3.8, 4) is 17.3 Å². The highest BCUT2D eigenvalue weighted by Gasteiger charge is 2.26. The first-order valence-corrected chi connectivity index (χ1v) is 11.3. The third-order valence-electron chi connectivity index (χ3n) is 5.51. The van der Waals surface area contributed by atoms with E-state index in [-0.39, 0.29) is 24.3 Å². The van der Waals surface area contributed by atoms with Gasteiger partial charge in [-0.3, -0.25) is 4.79 Å². The molecular weight excluding hydrogens is 420 g/mol. The number of rotatable bonds is 7. The van der Waals surface area contributed by atoms with Gasteiger partial charge in [-0.25, -0.2) is 9.97 Å². The van der Waals surface area contributed by atoms with Crippen LogP contribution in [0.4, 0.5) is 0 Å². The van der Waals surface area contributed by atoms with Crippen LogP contribution in [0, 0.1) is 13.8 Å². The Labute approximate surface area is 194 Å². The molecule has 0 saturated carbocycles. The van der Waals surface area contributed by atoms with Crippen molar-refractivity contribution in [2.24, 2.45) is 0 Å². The van der Waals surface area contributed by atoms with Crippen LogP contribution in [0.15, 0.2) is 40.8 Å². The fraction of sp³-hybridized carbons (Fsp3) is 0.440. The van der Waals surface area contributed by atoms with E-state index in [9.17, 15) is 4.79 Å². The molecule has 174 valence electrons. The molecule has 1 atom stereocenters. The Hall–Kier alpha value is -3.26. The van der Waals surface area contributed by atoms with E-state index in [4.69, 9.17) is 13.9 Å². The summed E-state index contributed by atoms with van der Waals surface area (Å²) in [5.41, 5.74) is 2.42. The largest absolute Gasteiger partial charge is 0.475 e. The molecule has 0 spiro atoms. The minimum Gasteiger partial charge on any atom is -0.475 e. The average Bonchev–Trinajstić information content (AvgIpc) is 3.18. The van der Waals surface area contributed by atoms with Gasteiger partial charge in [0, 0.05) is 29.8 Å². The van der Waals surface area contributed by atoms with Gasteiger partial charge in [0.1, 0.15) is 24.3 Å². The molecule has 1 aromatic carbocycles. The molecule has 3 heterocycles. The molecule has 8 heteroatoms. The van der Waals surface area contributed by atoms with Gasteiger partial charge in [0.25, 0.3) is 0 Å². The highest BCUT2D eigenvalue weighted by Crippen LogP contribution is 2.22. The second-order valence-electron chi connectivity index (χ2n) is 8.57. The van der Waals surface area contributed by atoms with E-state index in [2.05, 4.69) is 15.0 Å². The number of carbonyl (C=O) groups excluding carboxylic acids is 1. The van der Waals surface area contributed by atoms with Crippen molar-refractivity contribution in [3.05, 3.63) is 59.4 Å². The van der Waals surface area contributed by atoms with Crippen molar-refractivity contribution < 1.29 is 18.7 Å². The van der Waals surface area contributed by atoms with Gasteiger partial charge >= 0.3 is 0 Å². The molecule has 1 amide bonds. The molecule has 2 aromatic heterocycles. The maximum absolute atomic E-state index is 13.0. The molecule has 1 aliphatic heterocycles. The normalized spacial score (nSPS) is 16.3. The van der Waals surface area contributed by atoms with Gasteiger partial charge in [-0.15, -0.1) is 0 Å². The van der Waals surface area contributed by atoms with E-state index in [0.717, 1.165) is 17.1 Å². The molecule has 1 unspecified atom stereocenters. The van der Waals surface area contributed by atoms with Gasteiger partial charge in [0.05, 0.1) is 25.3 Å². The van der Waals surface area contributed by atoms with Crippen LogP contribution in [0.25, 0.3) is 11.5 Å². The van der Waals surface area contributed by atoms with Crippen LogP contribution in [0.2, 0.25) is 0 Å². The van der Waals surface area contributed by atoms with Gasteiger partial charge < -0.3 is 18.8 Å². The summed E-state index contributed by atoms with van der Waals surface area (Å²) in [6.45, 7) is 9.65. The van der Waals surface area contributed by atoms with Gasteiger partial charge in [0.2, 0.25) is 17.7 Å². The van der Waals surface area contributed by atoms with Crippen molar-refractivity contribution in [2.75, 3.05) is 26.3 Å². The van der Waals surface area contributed by atoms with Crippen molar-refractivity contribution >= 4 is 5.91 Å². The zero-order chi connectivity index (χ0) is 23.4. The average molecular weight is 451 g/mol. The number of aryl methyl sites for hydroxylation is 2. The lowest BCUT2D eigenvalue weighted by atomic mass is 10.2. The predicted octanol–water partition coefficient (Wildman–Crippen LogP) is 3.72. The third kappa shape index (κ3) is 5.76. The number of oxazole rings is 1. The van der Waals surface area contributed by atoms with Gasteiger partial charge in [-0.2, -0.15) is 4.98 Å². The van der Waals surface area contributed by atoms with Crippen molar-refractivity contribution in [1.29, 1.82) is 0 Å². The molecule has 1 fully saturated rings. The van der Waals surface area contributed by atoms with E-state index in [1.807, 2.05) is 64.1 Å². The highest BCUT2D eigenvalue weighted by molar-refractivity contribution is 5.78. The third-order valence-corrected chi connectivity index (χ3v) is 5.51. The number of hydrogen-bond donors (Lipinski definition) is 0. The maximum atomic E-state index is 13.0. The van der Waals surface area contributed by atoms with Crippen molar-refractivity contribution in [2.45, 2.75) is 46.1 Å². The van der Waals surface area contributed by atoms with E-state index in [1.165, 1.54) is 0 Å². The number of amides is 1. The fourth-order valence-corrected chi connectivity index (χ4v) is 3.67. The highest BCUT2D eigenvalue weighted by atomic mass is 16.5. The number of benzene rings is 1. The second kappa shape index (κ2) is 10.1. The molecule has 33 heavy (non-hydrogen) atoms. The summed E-state index contributed by atoms with van der Waals surface area (Å²) in [7, 11) is 0. The van der Waals surface area contributed by atoms with Crippen LogP contribution in [-0.4, -0.2) is 58.2 Å². The summed E-state index contributed by atoms with van der Waals surface area (Å²) >= 11 is 0. The zero-order valence-corrected chi connectivity index (χ0v) is 19.6. The number of aromatic nitrogens is 3. The molecule has 0 N–H and O–H groups in total. The lowest BCUT2D eigenvalue weighted by molar-refractivity contribution is -0.139. The molecule has 0 aliphatic carbocycles. The predicted molar refractivity (Wildman–Crippen MR) is 123 cm³/mol. The minimum atomic E-state index is -0.223. The number of morpholine rings is 1. The summed E-state index contributed by atoms with van der Waals surface area (Å²) < 4.78 is 17.5. The molecular formula is C25H30N4O4. The number of carbonyl (C=O) groups is 1. The summed E-state index contributed by atoms with van der Waals surface area (Å²) in [6, 6.07) is 11.5. The quantitative estimate of drug-likeness (QED) is 0.542. The van der Waals surface area contributed by atoms with Crippen LogP contribution in [0.3, 0.4) is 0 Å². The Bertz CT molecular complexity index is 1100. The topological polar surface area (TPSA) is 90.6 Å². The van der Waals surface area contributed by atoms with E-state index in [0.29, 0.717) is 49.5 Å². The molecule has 1 aliphatic rings. The Morgan fingerprint density at radius 3 is 2.73 bits per heavy atom. The van der Waals surface area contributed by atoms with Crippen LogP contribution < -0.4 is 4.74 Å². The van der Waals surface area contributed by atoms with Crippen LogP contribution in [0.5, 0.6) is 5.88 Å². The number of nitrogens with zero attached hydrogens (tertiary/aromatic N) is 4. The summed E-state index contributed by atoms with van der Waals surface area (Å²) in [5, 5.41) is 0. The lowest BCUT2D eigenvalue weighted by Crippen LogP contribution is -2.48. The number of ether oxygens (including phenoxy) is 2. The SMILES string of the molecule is Cc1cc(OCC2CN(C(=O)Cc3nc(-c4ccccc4)oc3C)CCO2)nc(C(C)C)n1. The smallest absolute Gasteiger partial charge is 0.228 e. The molecule has 1 saturated heterocycles. The van der Waals surface area contributed by atoms with Crippen LogP contribution in [0.1, 0.15) is 42.7 Å². The Morgan fingerprint density at radius 2 is 1.97 bits per heavy atom.